The van der Waals surface area contributed by atoms with Gasteiger partial charge in [0.05, 0.1) is 12.6 Å². The Morgan fingerprint density at radius 1 is 1.68 bits per heavy atom. The van der Waals surface area contributed by atoms with Crippen LogP contribution in [-0.4, -0.2) is 40.6 Å². The van der Waals surface area contributed by atoms with Crippen LogP contribution in [0, 0.1) is 12.3 Å². The number of amides is 1. The number of hydrogen-bond donors (Lipinski definition) is 1. The van der Waals surface area contributed by atoms with Crippen molar-refractivity contribution in [2.75, 3.05) is 19.6 Å². The van der Waals surface area contributed by atoms with E-state index in [9.17, 15) is 4.79 Å². The number of carbonyl (C=O) groups is 1. The van der Waals surface area contributed by atoms with Gasteiger partial charge in [-0.3, -0.25) is 4.79 Å². The van der Waals surface area contributed by atoms with Gasteiger partial charge in [-0.2, -0.15) is 4.98 Å². The monoisotopic (exact) mass is 262 g/mol. The minimum Gasteiger partial charge on any atom is -0.337 e. The van der Waals surface area contributed by atoms with E-state index in [2.05, 4.69) is 21.4 Å². The van der Waals surface area contributed by atoms with Gasteiger partial charge in [-0.15, -0.1) is 6.42 Å². The highest BCUT2D eigenvalue weighted by Crippen LogP contribution is 2.21. The van der Waals surface area contributed by atoms with Gasteiger partial charge in [0.15, 0.2) is 0 Å². The molecule has 1 atom stereocenters. The van der Waals surface area contributed by atoms with Crippen molar-refractivity contribution in [1.82, 2.24) is 20.4 Å². The first-order valence-electron chi connectivity index (χ1n) is 6.56. The lowest BCUT2D eigenvalue weighted by molar-refractivity contribution is 0.0761. The maximum atomic E-state index is 12.2. The van der Waals surface area contributed by atoms with Crippen LogP contribution in [0.5, 0.6) is 0 Å². The van der Waals surface area contributed by atoms with Crippen molar-refractivity contribution >= 4 is 5.91 Å². The van der Waals surface area contributed by atoms with Crippen molar-refractivity contribution in [3.05, 3.63) is 11.7 Å². The zero-order valence-corrected chi connectivity index (χ0v) is 11.1. The maximum absolute atomic E-state index is 12.2. The van der Waals surface area contributed by atoms with E-state index in [0.717, 1.165) is 25.8 Å². The van der Waals surface area contributed by atoms with Crippen LogP contribution in [0.3, 0.4) is 0 Å². The number of hydrogen-bond acceptors (Lipinski definition) is 5. The molecule has 0 bridgehead atoms. The second-order valence-electron chi connectivity index (χ2n) is 4.54. The third-order valence-electron chi connectivity index (χ3n) is 3.05. The van der Waals surface area contributed by atoms with Gasteiger partial charge in [0.25, 0.3) is 11.7 Å². The molecule has 6 nitrogen and oxygen atoms in total. The van der Waals surface area contributed by atoms with Gasteiger partial charge in [-0.1, -0.05) is 18.0 Å². The molecule has 1 aliphatic heterocycles. The molecule has 1 saturated heterocycles. The fraction of sp³-hybridized carbons (Fsp3) is 0.615. The Labute approximate surface area is 112 Å². The molecule has 1 N–H and O–H groups in total. The van der Waals surface area contributed by atoms with Crippen molar-refractivity contribution in [1.29, 1.82) is 0 Å². The standard InChI is InChI=1S/C13H18N4O2/c1-3-8-17(9-4-2)13(18)11-15-12(19-16-11)10-6-5-7-14-10/h1,10,14H,4-9H2,2H3. The molecule has 102 valence electrons. The third kappa shape index (κ3) is 3.12. The Bertz CT molecular complexity index is 471. The topological polar surface area (TPSA) is 71.3 Å². The molecule has 2 heterocycles. The number of nitrogens with zero attached hydrogens (tertiary/aromatic N) is 3. The first kappa shape index (κ1) is 13.6. The highest BCUT2D eigenvalue weighted by Gasteiger charge is 2.26. The molecule has 0 saturated carbocycles. The van der Waals surface area contributed by atoms with Crippen LogP contribution in [0.1, 0.15) is 48.7 Å². The fourth-order valence-corrected chi connectivity index (χ4v) is 2.13. The van der Waals surface area contributed by atoms with E-state index in [0.29, 0.717) is 12.4 Å². The Balaban J connectivity index is 2.07. The lowest BCUT2D eigenvalue weighted by atomic mass is 10.2. The first-order chi connectivity index (χ1) is 9.26. The summed E-state index contributed by atoms with van der Waals surface area (Å²) < 4.78 is 5.15. The molecule has 1 aromatic rings. The van der Waals surface area contributed by atoms with Crippen LogP contribution >= 0.6 is 0 Å². The van der Waals surface area contributed by atoms with Crippen molar-refractivity contribution in [3.63, 3.8) is 0 Å². The van der Waals surface area contributed by atoms with E-state index in [1.165, 1.54) is 0 Å². The van der Waals surface area contributed by atoms with Gasteiger partial charge >= 0.3 is 0 Å². The Hall–Kier alpha value is -1.87. The Kier molecular flexibility index (Phi) is 4.53. The average molecular weight is 262 g/mol. The molecule has 19 heavy (non-hydrogen) atoms. The van der Waals surface area contributed by atoms with Gasteiger partial charge in [-0.25, -0.2) is 0 Å². The highest BCUT2D eigenvalue weighted by atomic mass is 16.5. The normalized spacial score (nSPS) is 18.2. The van der Waals surface area contributed by atoms with Crippen molar-refractivity contribution in [3.8, 4) is 12.3 Å². The number of nitrogens with one attached hydrogen (secondary N) is 1. The van der Waals surface area contributed by atoms with Crippen LogP contribution in [0.4, 0.5) is 0 Å². The van der Waals surface area contributed by atoms with Crippen LogP contribution in [0.25, 0.3) is 0 Å². The van der Waals surface area contributed by atoms with E-state index in [-0.39, 0.29) is 24.3 Å². The summed E-state index contributed by atoms with van der Waals surface area (Å²) in [4.78, 5) is 17.9. The summed E-state index contributed by atoms with van der Waals surface area (Å²) in [5, 5.41) is 7.01. The largest absolute Gasteiger partial charge is 0.337 e. The lowest BCUT2D eigenvalue weighted by Crippen LogP contribution is -2.33. The predicted octanol–water partition coefficient (Wildman–Crippen LogP) is 0.980. The quantitative estimate of drug-likeness (QED) is 0.801. The number of aromatic nitrogens is 2. The predicted molar refractivity (Wildman–Crippen MR) is 69.3 cm³/mol. The average Bonchev–Trinajstić information content (AvgIpc) is 3.08. The summed E-state index contributed by atoms with van der Waals surface area (Å²) >= 11 is 0. The smallest absolute Gasteiger partial charge is 0.296 e. The molecule has 1 aliphatic rings. The van der Waals surface area contributed by atoms with E-state index < -0.39 is 0 Å². The fourth-order valence-electron chi connectivity index (χ4n) is 2.13. The summed E-state index contributed by atoms with van der Waals surface area (Å²) in [5.74, 6) is 2.78. The van der Waals surface area contributed by atoms with Crippen molar-refractivity contribution in [2.45, 2.75) is 32.2 Å². The molecule has 0 aliphatic carbocycles. The van der Waals surface area contributed by atoms with E-state index in [1.54, 1.807) is 4.90 Å². The minimum absolute atomic E-state index is 0.0707. The molecular formula is C13H18N4O2. The molecule has 2 rings (SSSR count). The maximum Gasteiger partial charge on any atom is 0.296 e. The molecule has 0 spiro atoms. The van der Waals surface area contributed by atoms with Gasteiger partial charge in [-0.05, 0) is 25.8 Å². The van der Waals surface area contributed by atoms with E-state index >= 15 is 0 Å². The van der Waals surface area contributed by atoms with Crippen LogP contribution in [0.2, 0.25) is 0 Å². The molecule has 1 aromatic heterocycles. The summed E-state index contributed by atoms with van der Waals surface area (Å²) in [5.41, 5.74) is 0. The van der Waals surface area contributed by atoms with Gasteiger partial charge in [0, 0.05) is 6.54 Å². The molecule has 0 radical (unpaired) electrons. The SMILES string of the molecule is C#CCN(CCC)C(=O)c1noc(C2CCCN2)n1. The summed E-state index contributed by atoms with van der Waals surface area (Å²) in [6, 6.07) is 0.0707. The van der Waals surface area contributed by atoms with Crippen LogP contribution < -0.4 is 5.32 Å². The molecule has 1 fully saturated rings. The van der Waals surface area contributed by atoms with Crippen molar-refractivity contribution in [2.24, 2.45) is 0 Å². The zero-order valence-electron chi connectivity index (χ0n) is 11.1. The highest BCUT2D eigenvalue weighted by molar-refractivity contribution is 5.90. The molecule has 0 aromatic carbocycles. The van der Waals surface area contributed by atoms with Gasteiger partial charge in [0.1, 0.15) is 0 Å². The summed E-state index contributed by atoms with van der Waals surface area (Å²) in [6.45, 7) is 3.78. The Morgan fingerprint density at radius 2 is 2.53 bits per heavy atom. The second kappa shape index (κ2) is 6.34. The number of terminal acetylenes is 1. The van der Waals surface area contributed by atoms with Gasteiger partial charge in [0.2, 0.25) is 5.89 Å². The lowest BCUT2D eigenvalue weighted by Gasteiger charge is -2.16. The third-order valence-corrected chi connectivity index (χ3v) is 3.05. The van der Waals surface area contributed by atoms with Gasteiger partial charge < -0.3 is 14.7 Å². The first-order valence-corrected chi connectivity index (χ1v) is 6.56. The van der Waals surface area contributed by atoms with Crippen LogP contribution in [-0.2, 0) is 0 Å². The molecular weight excluding hydrogens is 244 g/mol. The second-order valence-corrected chi connectivity index (χ2v) is 4.54. The summed E-state index contributed by atoms with van der Waals surface area (Å²) in [6.07, 6.45) is 8.13. The zero-order chi connectivity index (χ0) is 13.7. The van der Waals surface area contributed by atoms with E-state index in [1.807, 2.05) is 6.92 Å². The summed E-state index contributed by atoms with van der Waals surface area (Å²) in [7, 11) is 0. The van der Waals surface area contributed by atoms with E-state index in [4.69, 9.17) is 10.9 Å². The number of rotatable bonds is 5. The molecule has 6 heteroatoms. The Morgan fingerprint density at radius 3 is 3.16 bits per heavy atom. The van der Waals surface area contributed by atoms with Crippen LogP contribution in [0.15, 0.2) is 4.52 Å². The molecule has 1 unspecified atom stereocenters. The number of carbonyl (C=O) groups excluding carboxylic acids is 1. The minimum atomic E-state index is -0.271. The molecule has 1 amide bonds. The van der Waals surface area contributed by atoms with Crippen molar-refractivity contribution < 1.29 is 9.32 Å².